The average Bonchev–Trinajstić information content (AvgIpc) is 2.89. The molecule has 1 saturated heterocycles. The van der Waals surface area contributed by atoms with Crippen LogP contribution in [0.5, 0.6) is 0 Å². The minimum absolute atomic E-state index is 0.490. The molecule has 2 fully saturated rings. The summed E-state index contributed by atoms with van der Waals surface area (Å²) in [4.78, 5) is 6.10. The molecular weight excluding hydrogens is 229 g/mol. The predicted molar refractivity (Wildman–Crippen MR) is 57.7 cm³/mol. The molecule has 2 aliphatic rings. The average molecular weight is 242 g/mol. The van der Waals surface area contributed by atoms with Gasteiger partial charge in [0.2, 0.25) is 0 Å². The highest BCUT2D eigenvalue weighted by atomic mass is 19.4. The molecule has 0 spiro atoms. The maximum atomic E-state index is 12.4. The molecule has 92 valence electrons. The Balaban J connectivity index is 1.81. The van der Waals surface area contributed by atoms with Crippen LogP contribution in [0.15, 0.2) is 18.3 Å². The van der Waals surface area contributed by atoms with Crippen molar-refractivity contribution in [3.8, 4) is 0 Å². The summed E-state index contributed by atoms with van der Waals surface area (Å²) in [5, 5.41) is 0. The van der Waals surface area contributed by atoms with Crippen LogP contribution in [0.2, 0.25) is 0 Å². The van der Waals surface area contributed by atoms with Crippen molar-refractivity contribution in [2.75, 3.05) is 11.4 Å². The van der Waals surface area contributed by atoms with Crippen LogP contribution in [-0.2, 0) is 6.18 Å². The van der Waals surface area contributed by atoms with E-state index >= 15 is 0 Å². The van der Waals surface area contributed by atoms with Crippen molar-refractivity contribution in [3.63, 3.8) is 0 Å². The molecule has 2 atom stereocenters. The molecule has 3 rings (SSSR count). The first-order valence-corrected chi connectivity index (χ1v) is 5.84. The summed E-state index contributed by atoms with van der Waals surface area (Å²) >= 11 is 0. The van der Waals surface area contributed by atoms with Gasteiger partial charge in [-0.25, -0.2) is 4.98 Å². The van der Waals surface area contributed by atoms with Gasteiger partial charge in [0.1, 0.15) is 5.82 Å². The molecule has 2 unspecified atom stereocenters. The van der Waals surface area contributed by atoms with Crippen LogP contribution in [0.25, 0.3) is 0 Å². The van der Waals surface area contributed by atoms with Crippen molar-refractivity contribution >= 4 is 5.82 Å². The lowest BCUT2D eigenvalue weighted by Gasteiger charge is -2.28. The largest absolute Gasteiger partial charge is 0.417 e. The molecule has 1 aliphatic carbocycles. The molecule has 2 heterocycles. The highest BCUT2D eigenvalue weighted by molar-refractivity contribution is 5.43. The zero-order valence-electron chi connectivity index (χ0n) is 9.24. The highest BCUT2D eigenvalue weighted by Gasteiger charge is 2.38. The van der Waals surface area contributed by atoms with Crippen LogP contribution >= 0.6 is 0 Å². The monoisotopic (exact) mass is 242 g/mol. The van der Waals surface area contributed by atoms with Gasteiger partial charge in [0.05, 0.1) is 5.56 Å². The number of nitrogens with zero attached hydrogens (tertiary/aromatic N) is 2. The fraction of sp³-hybridized carbons (Fsp3) is 0.583. The minimum Gasteiger partial charge on any atom is -0.353 e. The lowest BCUT2D eigenvalue weighted by Crippen LogP contribution is -2.32. The maximum absolute atomic E-state index is 12.4. The van der Waals surface area contributed by atoms with Crippen molar-refractivity contribution in [2.45, 2.75) is 31.5 Å². The van der Waals surface area contributed by atoms with Crippen molar-refractivity contribution in [1.29, 1.82) is 0 Å². The fourth-order valence-corrected chi connectivity index (χ4v) is 2.93. The third-order valence-corrected chi connectivity index (χ3v) is 3.78. The number of anilines is 1. The van der Waals surface area contributed by atoms with Crippen LogP contribution in [-0.4, -0.2) is 17.6 Å². The molecule has 17 heavy (non-hydrogen) atoms. The first kappa shape index (κ1) is 10.9. The fourth-order valence-electron chi connectivity index (χ4n) is 2.93. The third-order valence-electron chi connectivity index (χ3n) is 3.78. The molecule has 1 aromatic rings. The third kappa shape index (κ3) is 1.87. The molecule has 1 aliphatic heterocycles. The summed E-state index contributed by atoms with van der Waals surface area (Å²) in [6.07, 6.45) is 0.203. The van der Waals surface area contributed by atoms with E-state index in [4.69, 9.17) is 0 Å². The number of hydrogen-bond acceptors (Lipinski definition) is 2. The van der Waals surface area contributed by atoms with Crippen molar-refractivity contribution in [3.05, 3.63) is 23.9 Å². The van der Waals surface area contributed by atoms with Crippen LogP contribution in [0.1, 0.15) is 24.8 Å². The SMILES string of the molecule is FC(F)(F)c1ccc(N2CC3CCC2C3)nc1. The summed E-state index contributed by atoms with van der Waals surface area (Å²) < 4.78 is 37.2. The standard InChI is InChI=1S/C12H13F3N2/c13-12(14,15)9-2-4-11(16-6-9)17-7-8-1-3-10(17)5-8/h2,4,6,8,10H,1,3,5,7H2. The van der Waals surface area contributed by atoms with Gasteiger partial charge < -0.3 is 4.90 Å². The lowest BCUT2D eigenvalue weighted by atomic mass is 10.1. The highest BCUT2D eigenvalue weighted by Crippen LogP contribution is 2.39. The zero-order chi connectivity index (χ0) is 12.0. The molecule has 0 amide bonds. The Morgan fingerprint density at radius 1 is 1.24 bits per heavy atom. The topological polar surface area (TPSA) is 16.1 Å². The lowest BCUT2D eigenvalue weighted by molar-refractivity contribution is -0.137. The van der Waals surface area contributed by atoms with E-state index in [2.05, 4.69) is 9.88 Å². The summed E-state index contributed by atoms with van der Waals surface area (Å²) in [7, 11) is 0. The van der Waals surface area contributed by atoms with E-state index < -0.39 is 11.7 Å². The number of hydrogen-bond donors (Lipinski definition) is 0. The Labute approximate surface area is 97.5 Å². The van der Waals surface area contributed by atoms with E-state index in [-0.39, 0.29) is 0 Å². The number of alkyl halides is 3. The summed E-state index contributed by atoms with van der Waals surface area (Å²) in [5.41, 5.74) is -0.675. The second kappa shape index (κ2) is 3.62. The molecule has 1 aromatic heterocycles. The number of aromatic nitrogens is 1. The van der Waals surface area contributed by atoms with Crippen molar-refractivity contribution < 1.29 is 13.2 Å². The van der Waals surface area contributed by atoms with Crippen LogP contribution in [0, 0.1) is 5.92 Å². The Kier molecular flexibility index (Phi) is 2.31. The predicted octanol–water partition coefficient (Wildman–Crippen LogP) is 3.09. The zero-order valence-corrected chi connectivity index (χ0v) is 9.24. The van der Waals surface area contributed by atoms with E-state index in [1.807, 2.05) is 0 Å². The first-order chi connectivity index (χ1) is 8.04. The Morgan fingerprint density at radius 2 is 2.06 bits per heavy atom. The second-order valence-electron chi connectivity index (χ2n) is 4.89. The molecule has 2 bridgehead atoms. The van der Waals surface area contributed by atoms with Gasteiger partial charge in [-0.1, -0.05) is 0 Å². The Hall–Kier alpha value is -1.26. The van der Waals surface area contributed by atoms with Gasteiger partial charge in [0.25, 0.3) is 0 Å². The van der Waals surface area contributed by atoms with Gasteiger partial charge in [-0.3, -0.25) is 0 Å². The molecule has 2 nitrogen and oxygen atoms in total. The van der Waals surface area contributed by atoms with Crippen LogP contribution in [0.4, 0.5) is 19.0 Å². The van der Waals surface area contributed by atoms with E-state index in [1.54, 1.807) is 0 Å². The number of fused-ring (bicyclic) bond motifs is 2. The van der Waals surface area contributed by atoms with E-state index in [0.717, 1.165) is 25.2 Å². The van der Waals surface area contributed by atoms with Crippen molar-refractivity contribution in [1.82, 2.24) is 4.98 Å². The Morgan fingerprint density at radius 3 is 2.53 bits per heavy atom. The smallest absolute Gasteiger partial charge is 0.353 e. The number of rotatable bonds is 1. The quantitative estimate of drug-likeness (QED) is 0.752. The number of pyridine rings is 1. The van der Waals surface area contributed by atoms with Gasteiger partial charge >= 0.3 is 6.18 Å². The molecular formula is C12H13F3N2. The van der Waals surface area contributed by atoms with Crippen LogP contribution in [0.3, 0.4) is 0 Å². The van der Waals surface area contributed by atoms with Crippen LogP contribution < -0.4 is 4.90 Å². The number of halogens is 3. The normalized spacial score (nSPS) is 27.8. The van der Waals surface area contributed by atoms with Gasteiger partial charge in [-0.05, 0) is 37.3 Å². The van der Waals surface area contributed by atoms with Gasteiger partial charge in [-0.2, -0.15) is 13.2 Å². The molecule has 0 N–H and O–H groups in total. The van der Waals surface area contributed by atoms with Gasteiger partial charge in [0.15, 0.2) is 0 Å². The Bertz CT molecular complexity index is 413. The minimum atomic E-state index is -4.30. The number of piperidine rings is 1. The molecule has 0 aromatic carbocycles. The summed E-state index contributed by atoms with van der Waals surface area (Å²) in [5.74, 6) is 1.40. The first-order valence-electron chi connectivity index (χ1n) is 5.84. The van der Waals surface area contributed by atoms with E-state index in [1.165, 1.54) is 18.9 Å². The van der Waals surface area contributed by atoms with Gasteiger partial charge in [-0.15, -0.1) is 0 Å². The molecule has 0 radical (unpaired) electrons. The summed E-state index contributed by atoms with van der Waals surface area (Å²) in [6, 6.07) is 3.10. The second-order valence-corrected chi connectivity index (χ2v) is 4.89. The molecule has 5 heteroatoms. The van der Waals surface area contributed by atoms with E-state index in [0.29, 0.717) is 17.8 Å². The van der Waals surface area contributed by atoms with Gasteiger partial charge in [0, 0.05) is 18.8 Å². The maximum Gasteiger partial charge on any atom is 0.417 e. The van der Waals surface area contributed by atoms with Crippen molar-refractivity contribution in [2.24, 2.45) is 5.92 Å². The molecule has 1 saturated carbocycles. The van der Waals surface area contributed by atoms with E-state index in [9.17, 15) is 13.2 Å². The summed E-state index contributed by atoms with van der Waals surface area (Å²) in [6.45, 7) is 0.947.